The van der Waals surface area contributed by atoms with Gasteiger partial charge in [0, 0.05) is 31.2 Å². The molecule has 0 aliphatic carbocycles. The van der Waals surface area contributed by atoms with Crippen LogP contribution in [0.2, 0.25) is 10.0 Å². The topological polar surface area (TPSA) is 72.9 Å². The van der Waals surface area contributed by atoms with Crippen LogP contribution in [0.4, 0.5) is 5.69 Å². The van der Waals surface area contributed by atoms with Crippen LogP contribution in [0.25, 0.3) is 0 Å². The number of amides is 1. The number of piperazine rings is 1. The average Bonchev–Trinajstić information content (AvgIpc) is 2.49. The number of carbonyl (C=O) groups excluding carboxylic acids is 1. The summed E-state index contributed by atoms with van der Waals surface area (Å²) in [6.07, 6.45) is -0.137. The number of nitrogens with zero attached hydrogens (tertiary/aromatic N) is 2. The van der Waals surface area contributed by atoms with Gasteiger partial charge in [-0.05, 0) is 25.2 Å². The van der Waals surface area contributed by atoms with E-state index in [9.17, 15) is 14.7 Å². The fourth-order valence-corrected chi connectivity index (χ4v) is 2.81. The first-order valence-corrected chi connectivity index (χ1v) is 8.02. The Balaban J connectivity index is 2.00. The monoisotopic (exact) mass is 359 g/mol. The minimum atomic E-state index is -0.998. The Bertz CT molecular complexity index is 589. The van der Waals surface area contributed by atoms with Gasteiger partial charge in [-0.15, -0.1) is 0 Å². The Morgan fingerprint density at radius 2 is 1.91 bits per heavy atom. The van der Waals surface area contributed by atoms with Crippen LogP contribution in [0.15, 0.2) is 18.2 Å². The molecule has 2 rings (SSSR count). The lowest BCUT2D eigenvalue weighted by Crippen LogP contribution is -2.52. The molecule has 126 valence electrons. The van der Waals surface area contributed by atoms with Crippen molar-refractivity contribution in [1.29, 1.82) is 0 Å². The van der Waals surface area contributed by atoms with Gasteiger partial charge in [-0.25, -0.2) is 0 Å². The molecule has 6 nitrogen and oxygen atoms in total. The standard InChI is InChI=1S/C15H19Cl2N3O3/c1-19-4-6-20(7-5-19)13(15(22)23)9-14(21)18-12-8-10(16)2-3-11(12)17/h2-3,8,13H,4-7,9H2,1H3,(H,18,21)(H,22,23)/t13-/m1/s1. The van der Waals surface area contributed by atoms with Crippen molar-refractivity contribution in [3.63, 3.8) is 0 Å². The first kappa shape index (κ1) is 18.0. The van der Waals surface area contributed by atoms with E-state index in [1.54, 1.807) is 12.1 Å². The zero-order valence-corrected chi connectivity index (χ0v) is 14.3. The van der Waals surface area contributed by atoms with Crippen LogP contribution >= 0.6 is 23.2 Å². The number of hydrogen-bond acceptors (Lipinski definition) is 4. The molecule has 0 unspecified atom stereocenters. The van der Waals surface area contributed by atoms with Crippen molar-refractivity contribution in [3.05, 3.63) is 28.2 Å². The van der Waals surface area contributed by atoms with E-state index in [2.05, 4.69) is 10.2 Å². The molecule has 1 aliphatic heterocycles. The molecular weight excluding hydrogens is 341 g/mol. The number of carboxylic acids is 1. The highest BCUT2D eigenvalue weighted by atomic mass is 35.5. The molecule has 0 radical (unpaired) electrons. The second-order valence-corrected chi connectivity index (χ2v) is 6.41. The summed E-state index contributed by atoms with van der Waals surface area (Å²) in [4.78, 5) is 27.6. The first-order chi connectivity index (χ1) is 10.9. The Morgan fingerprint density at radius 1 is 1.26 bits per heavy atom. The number of hydrogen-bond donors (Lipinski definition) is 2. The molecule has 1 atom stereocenters. The van der Waals surface area contributed by atoms with Crippen LogP contribution < -0.4 is 5.32 Å². The van der Waals surface area contributed by atoms with Crippen LogP contribution in [-0.4, -0.2) is 66.1 Å². The number of benzene rings is 1. The molecule has 1 amide bonds. The Morgan fingerprint density at radius 3 is 2.52 bits per heavy atom. The highest BCUT2D eigenvalue weighted by Crippen LogP contribution is 2.25. The molecule has 0 spiro atoms. The van der Waals surface area contributed by atoms with Crippen molar-refractivity contribution in [2.75, 3.05) is 38.5 Å². The number of likely N-dealkylation sites (N-methyl/N-ethyl adjacent to an activating group) is 1. The van der Waals surface area contributed by atoms with Gasteiger partial charge in [0.25, 0.3) is 0 Å². The van der Waals surface area contributed by atoms with Crippen molar-refractivity contribution >= 4 is 40.8 Å². The fraction of sp³-hybridized carbons (Fsp3) is 0.467. The third-order valence-electron chi connectivity index (χ3n) is 3.84. The Labute approximate surface area is 145 Å². The van der Waals surface area contributed by atoms with Gasteiger partial charge in [-0.1, -0.05) is 23.2 Å². The maximum Gasteiger partial charge on any atom is 0.321 e. The average molecular weight is 360 g/mol. The normalized spacial score (nSPS) is 17.7. The molecule has 8 heteroatoms. The van der Waals surface area contributed by atoms with Crippen LogP contribution in [-0.2, 0) is 9.59 Å². The maximum absolute atomic E-state index is 12.2. The van der Waals surface area contributed by atoms with Gasteiger partial charge in [0.05, 0.1) is 17.1 Å². The Hall–Kier alpha value is -1.34. The molecule has 1 heterocycles. The summed E-state index contributed by atoms with van der Waals surface area (Å²) in [7, 11) is 1.99. The lowest BCUT2D eigenvalue weighted by molar-refractivity contribution is -0.145. The van der Waals surface area contributed by atoms with Crippen molar-refractivity contribution in [3.8, 4) is 0 Å². The molecule has 1 fully saturated rings. The minimum Gasteiger partial charge on any atom is -0.480 e. The van der Waals surface area contributed by atoms with Crippen LogP contribution in [0.3, 0.4) is 0 Å². The van der Waals surface area contributed by atoms with E-state index in [4.69, 9.17) is 23.2 Å². The van der Waals surface area contributed by atoms with Gasteiger partial charge in [0.1, 0.15) is 6.04 Å². The van der Waals surface area contributed by atoms with Crippen LogP contribution in [0.1, 0.15) is 6.42 Å². The van der Waals surface area contributed by atoms with Gasteiger partial charge < -0.3 is 15.3 Å². The highest BCUT2D eigenvalue weighted by molar-refractivity contribution is 6.35. The lowest BCUT2D eigenvalue weighted by atomic mass is 10.1. The molecule has 2 N–H and O–H groups in total. The third kappa shape index (κ3) is 5.07. The second kappa shape index (κ2) is 7.97. The summed E-state index contributed by atoms with van der Waals surface area (Å²) < 4.78 is 0. The summed E-state index contributed by atoms with van der Waals surface area (Å²) in [6, 6.07) is 3.88. The van der Waals surface area contributed by atoms with E-state index in [0.717, 1.165) is 13.1 Å². The quantitative estimate of drug-likeness (QED) is 0.841. The van der Waals surface area contributed by atoms with E-state index in [0.29, 0.717) is 28.8 Å². The molecule has 0 saturated carbocycles. The van der Waals surface area contributed by atoms with Crippen molar-refractivity contribution in [2.45, 2.75) is 12.5 Å². The molecule has 0 bridgehead atoms. The number of halogens is 2. The summed E-state index contributed by atoms with van der Waals surface area (Å²) >= 11 is 11.9. The molecule has 1 aliphatic rings. The van der Waals surface area contributed by atoms with Crippen molar-refractivity contribution in [2.24, 2.45) is 0 Å². The van der Waals surface area contributed by atoms with Gasteiger partial charge in [0.15, 0.2) is 0 Å². The summed E-state index contributed by atoms with van der Waals surface area (Å²) in [6.45, 7) is 2.81. The van der Waals surface area contributed by atoms with Gasteiger partial charge in [-0.3, -0.25) is 14.5 Å². The second-order valence-electron chi connectivity index (χ2n) is 5.57. The Kier molecular flexibility index (Phi) is 6.24. The predicted octanol–water partition coefficient (Wildman–Crippen LogP) is 2.02. The first-order valence-electron chi connectivity index (χ1n) is 7.27. The van der Waals surface area contributed by atoms with E-state index in [1.165, 1.54) is 6.07 Å². The van der Waals surface area contributed by atoms with E-state index in [-0.39, 0.29) is 6.42 Å². The molecular formula is C15H19Cl2N3O3. The van der Waals surface area contributed by atoms with Gasteiger partial charge in [0.2, 0.25) is 5.91 Å². The molecule has 1 aromatic carbocycles. The van der Waals surface area contributed by atoms with Crippen molar-refractivity contribution in [1.82, 2.24) is 9.80 Å². The molecule has 23 heavy (non-hydrogen) atoms. The van der Waals surface area contributed by atoms with E-state index < -0.39 is 17.9 Å². The summed E-state index contributed by atoms with van der Waals surface area (Å²) in [5, 5.41) is 12.9. The lowest BCUT2D eigenvalue weighted by Gasteiger charge is -2.35. The smallest absolute Gasteiger partial charge is 0.321 e. The number of rotatable bonds is 5. The third-order valence-corrected chi connectivity index (χ3v) is 4.41. The molecule has 0 aromatic heterocycles. The zero-order chi connectivity index (χ0) is 17.0. The summed E-state index contributed by atoms with van der Waals surface area (Å²) in [5.41, 5.74) is 0.381. The molecule has 1 aromatic rings. The van der Waals surface area contributed by atoms with E-state index in [1.807, 2.05) is 11.9 Å². The number of anilines is 1. The fourth-order valence-electron chi connectivity index (χ4n) is 2.48. The van der Waals surface area contributed by atoms with Gasteiger partial charge >= 0.3 is 5.97 Å². The maximum atomic E-state index is 12.2. The number of aliphatic carboxylic acids is 1. The largest absolute Gasteiger partial charge is 0.480 e. The SMILES string of the molecule is CN1CCN([C@H](CC(=O)Nc2cc(Cl)ccc2Cl)C(=O)O)CC1. The van der Waals surface area contributed by atoms with Crippen LogP contribution in [0, 0.1) is 0 Å². The van der Waals surface area contributed by atoms with Gasteiger partial charge in [-0.2, -0.15) is 0 Å². The number of nitrogens with one attached hydrogen (secondary N) is 1. The highest BCUT2D eigenvalue weighted by Gasteiger charge is 2.30. The van der Waals surface area contributed by atoms with Crippen LogP contribution in [0.5, 0.6) is 0 Å². The minimum absolute atomic E-state index is 0.137. The van der Waals surface area contributed by atoms with E-state index >= 15 is 0 Å². The zero-order valence-electron chi connectivity index (χ0n) is 12.8. The number of carboxylic acid groups (broad SMARTS) is 1. The number of carbonyl (C=O) groups is 2. The summed E-state index contributed by atoms with van der Waals surface area (Å²) in [5.74, 6) is -1.40. The molecule has 1 saturated heterocycles. The predicted molar refractivity (Wildman–Crippen MR) is 90.2 cm³/mol. The van der Waals surface area contributed by atoms with Crippen molar-refractivity contribution < 1.29 is 14.7 Å².